The van der Waals surface area contributed by atoms with Crippen LogP contribution in [0.5, 0.6) is 0 Å². The van der Waals surface area contributed by atoms with Crippen molar-refractivity contribution in [3.05, 3.63) is 83.9 Å². The summed E-state index contributed by atoms with van der Waals surface area (Å²) in [5, 5.41) is 4.36. The first-order chi connectivity index (χ1) is 13.3. The van der Waals surface area contributed by atoms with Crippen LogP contribution in [0.1, 0.15) is 21.5 Å². The van der Waals surface area contributed by atoms with E-state index in [-0.39, 0.29) is 5.91 Å². The average Bonchev–Trinajstić information content (AvgIpc) is 3.18. The topological polar surface area (TPSA) is 55.5 Å². The van der Waals surface area contributed by atoms with Crippen molar-refractivity contribution in [2.75, 3.05) is 26.2 Å². The molecule has 6 heteroatoms. The Bertz CT molecular complexity index is 870. The quantitative estimate of drug-likeness (QED) is 0.733. The van der Waals surface area contributed by atoms with Crippen LogP contribution in [0.3, 0.4) is 0 Å². The van der Waals surface area contributed by atoms with Crippen LogP contribution in [-0.4, -0.2) is 51.8 Å². The monoisotopic (exact) mass is 362 g/mol. The van der Waals surface area contributed by atoms with Gasteiger partial charge in [0.05, 0.1) is 44.5 Å². The number of hydrogen-bond acceptors (Lipinski definition) is 3. The zero-order chi connectivity index (χ0) is 18.5. The molecule has 0 atom stereocenters. The summed E-state index contributed by atoms with van der Waals surface area (Å²) < 4.78 is 1.83. The number of rotatable bonds is 5. The molecule has 0 saturated carbocycles. The number of carbonyl (C=O) groups is 1. The molecule has 1 aromatic carbocycles. The molecule has 0 spiro atoms. The van der Waals surface area contributed by atoms with Gasteiger partial charge in [-0.25, -0.2) is 0 Å². The molecule has 2 aromatic heterocycles. The minimum absolute atomic E-state index is 0.0808. The van der Waals surface area contributed by atoms with Gasteiger partial charge in [0.15, 0.2) is 0 Å². The number of benzene rings is 1. The molecule has 1 aliphatic rings. The van der Waals surface area contributed by atoms with Crippen molar-refractivity contribution < 1.29 is 9.69 Å². The average molecular weight is 362 g/mol. The predicted octanol–water partition coefficient (Wildman–Crippen LogP) is 0.867. The summed E-state index contributed by atoms with van der Waals surface area (Å²) in [4.78, 5) is 20.3. The molecule has 138 valence electrons. The van der Waals surface area contributed by atoms with Gasteiger partial charge in [-0.2, -0.15) is 5.10 Å². The van der Waals surface area contributed by atoms with E-state index in [1.165, 1.54) is 16.0 Å². The van der Waals surface area contributed by atoms with E-state index in [4.69, 9.17) is 0 Å². The SMILES string of the molecule is O=C(c1cnn(Cc2ccccc2)c1)N1CC[NH+](Cc2ccncc2)CC1. The molecule has 1 fully saturated rings. The van der Waals surface area contributed by atoms with Gasteiger partial charge >= 0.3 is 0 Å². The molecule has 0 unspecified atom stereocenters. The smallest absolute Gasteiger partial charge is 0.257 e. The third-order valence-electron chi connectivity index (χ3n) is 5.03. The van der Waals surface area contributed by atoms with E-state index < -0.39 is 0 Å². The molecule has 27 heavy (non-hydrogen) atoms. The third-order valence-corrected chi connectivity index (χ3v) is 5.03. The highest BCUT2D eigenvalue weighted by Crippen LogP contribution is 2.07. The van der Waals surface area contributed by atoms with Gasteiger partial charge < -0.3 is 9.80 Å². The highest BCUT2D eigenvalue weighted by Gasteiger charge is 2.25. The van der Waals surface area contributed by atoms with E-state index in [0.717, 1.165) is 32.7 Å². The first-order valence-electron chi connectivity index (χ1n) is 9.36. The summed E-state index contributed by atoms with van der Waals surface area (Å²) >= 11 is 0. The van der Waals surface area contributed by atoms with Crippen molar-refractivity contribution in [1.29, 1.82) is 0 Å². The molecule has 0 aliphatic carbocycles. The first kappa shape index (κ1) is 17.4. The van der Waals surface area contributed by atoms with Crippen molar-refractivity contribution >= 4 is 5.91 Å². The number of nitrogens with zero attached hydrogens (tertiary/aromatic N) is 4. The minimum Gasteiger partial charge on any atom is -0.328 e. The van der Waals surface area contributed by atoms with Crippen LogP contribution < -0.4 is 4.90 Å². The van der Waals surface area contributed by atoms with Gasteiger partial charge in [0.25, 0.3) is 5.91 Å². The van der Waals surface area contributed by atoms with Crippen molar-refractivity contribution in [3.8, 4) is 0 Å². The summed E-state index contributed by atoms with van der Waals surface area (Å²) in [5.41, 5.74) is 3.14. The van der Waals surface area contributed by atoms with E-state index in [0.29, 0.717) is 12.1 Å². The number of quaternary nitrogens is 1. The van der Waals surface area contributed by atoms with E-state index in [1.807, 2.05) is 46.4 Å². The number of amides is 1. The maximum atomic E-state index is 12.8. The van der Waals surface area contributed by atoms with E-state index in [2.05, 4.69) is 34.3 Å². The van der Waals surface area contributed by atoms with Crippen LogP contribution in [0.4, 0.5) is 0 Å². The molecule has 1 aliphatic heterocycles. The predicted molar refractivity (Wildman–Crippen MR) is 102 cm³/mol. The van der Waals surface area contributed by atoms with Crippen LogP contribution >= 0.6 is 0 Å². The molecule has 4 rings (SSSR count). The number of hydrogen-bond donors (Lipinski definition) is 1. The standard InChI is InChI=1S/C21H23N5O/c27-21(20-14-23-26(17-20)16-18-4-2-1-3-5-18)25-12-10-24(11-13-25)15-19-6-8-22-9-7-19/h1-9,14,17H,10-13,15-16H2/p+1. The Morgan fingerprint density at radius 3 is 2.48 bits per heavy atom. The highest BCUT2D eigenvalue weighted by molar-refractivity contribution is 5.93. The number of aromatic nitrogens is 3. The molecular weight excluding hydrogens is 338 g/mol. The van der Waals surface area contributed by atoms with Crippen molar-refractivity contribution in [3.63, 3.8) is 0 Å². The lowest BCUT2D eigenvalue weighted by molar-refractivity contribution is -0.917. The molecule has 6 nitrogen and oxygen atoms in total. The third kappa shape index (κ3) is 4.41. The number of pyridine rings is 1. The fourth-order valence-electron chi connectivity index (χ4n) is 3.51. The summed E-state index contributed by atoms with van der Waals surface area (Å²) in [5.74, 6) is 0.0808. The maximum Gasteiger partial charge on any atom is 0.257 e. The van der Waals surface area contributed by atoms with Gasteiger partial charge in [-0.05, 0) is 17.7 Å². The van der Waals surface area contributed by atoms with Gasteiger partial charge in [-0.3, -0.25) is 14.5 Å². The Labute approximate surface area is 159 Å². The van der Waals surface area contributed by atoms with Crippen molar-refractivity contribution in [2.24, 2.45) is 0 Å². The second-order valence-corrected chi connectivity index (χ2v) is 6.99. The Hall–Kier alpha value is -2.99. The molecule has 1 N–H and O–H groups in total. The number of piperazine rings is 1. The Kier molecular flexibility index (Phi) is 5.25. The van der Waals surface area contributed by atoms with Gasteiger partial charge in [0.1, 0.15) is 6.54 Å². The summed E-state index contributed by atoms with van der Waals surface area (Å²) in [7, 11) is 0. The fourth-order valence-corrected chi connectivity index (χ4v) is 3.51. The Balaban J connectivity index is 1.32. The summed E-state index contributed by atoms with van der Waals surface area (Å²) in [6.07, 6.45) is 7.20. The van der Waals surface area contributed by atoms with Crippen LogP contribution in [0.2, 0.25) is 0 Å². The molecule has 0 radical (unpaired) electrons. The van der Waals surface area contributed by atoms with Crippen molar-refractivity contribution in [1.82, 2.24) is 19.7 Å². The van der Waals surface area contributed by atoms with Gasteiger partial charge in [0, 0.05) is 24.2 Å². The van der Waals surface area contributed by atoms with Crippen LogP contribution in [-0.2, 0) is 13.1 Å². The molecule has 0 bridgehead atoms. The van der Waals surface area contributed by atoms with E-state index in [9.17, 15) is 4.79 Å². The molecule has 1 saturated heterocycles. The fraction of sp³-hybridized carbons (Fsp3) is 0.286. The Morgan fingerprint density at radius 2 is 1.74 bits per heavy atom. The van der Waals surface area contributed by atoms with Crippen molar-refractivity contribution in [2.45, 2.75) is 13.1 Å². The van der Waals surface area contributed by atoms with Crippen LogP contribution in [0.25, 0.3) is 0 Å². The van der Waals surface area contributed by atoms with E-state index >= 15 is 0 Å². The lowest BCUT2D eigenvalue weighted by Gasteiger charge is -2.32. The second-order valence-electron chi connectivity index (χ2n) is 6.99. The molecule has 1 amide bonds. The zero-order valence-corrected chi connectivity index (χ0v) is 15.3. The van der Waals surface area contributed by atoms with Gasteiger partial charge in [-0.15, -0.1) is 0 Å². The van der Waals surface area contributed by atoms with Crippen LogP contribution in [0, 0.1) is 0 Å². The van der Waals surface area contributed by atoms with Gasteiger partial charge in [0.2, 0.25) is 0 Å². The van der Waals surface area contributed by atoms with E-state index in [1.54, 1.807) is 6.20 Å². The van der Waals surface area contributed by atoms with Crippen LogP contribution in [0.15, 0.2) is 67.3 Å². The normalized spacial score (nSPS) is 15.0. The molecular formula is C21H24N5O+. The Morgan fingerprint density at radius 1 is 1.00 bits per heavy atom. The largest absolute Gasteiger partial charge is 0.328 e. The highest BCUT2D eigenvalue weighted by atomic mass is 16.2. The second kappa shape index (κ2) is 8.14. The maximum absolute atomic E-state index is 12.8. The number of nitrogens with one attached hydrogen (secondary N) is 1. The first-order valence-corrected chi connectivity index (χ1v) is 9.36. The molecule has 3 aromatic rings. The lowest BCUT2D eigenvalue weighted by Crippen LogP contribution is -3.13. The molecule has 3 heterocycles. The van der Waals surface area contributed by atoms with Gasteiger partial charge in [-0.1, -0.05) is 30.3 Å². The number of carbonyl (C=O) groups excluding carboxylic acids is 1. The summed E-state index contributed by atoms with van der Waals surface area (Å²) in [6.45, 7) is 5.15. The summed E-state index contributed by atoms with van der Waals surface area (Å²) in [6, 6.07) is 14.3. The zero-order valence-electron chi connectivity index (χ0n) is 15.3. The minimum atomic E-state index is 0.0808. The lowest BCUT2D eigenvalue weighted by atomic mass is 10.2.